The van der Waals surface area contributed by atoms with Gasteiger partial charge in [0.05, 0.1) is 11.7 Å². The van der Waals surface area contributed by atoms with Gasteiger partial charge in [-0.1, -0.05) is 17.9 Å². The highest BCUT2D eigenvalue weighted by Crippen LogP contribution is 2.23. The fourth-order valence-corrected chi connectivity index (χ4v) is 2.62. The van der Waals surface area contributed by atoms with Gasteiger partial charge in [-0.3, -0.25) is 4.79 Å². The maximum absolute atomic E-state index is 12.6. The number of nitrogens with zero attached hydrogens (tertiary/aromatic N) is 1. The summed E-state index contributed by atoms with van der Waals surface area (Å²) in [5, 5.41) is 18.5. The van der Waals surface area contributed by atoms with Crippen LogP contribution in [0.4, 0.5) is 0 Å². The summed E-state index contributed by atoms with van der Waals surface area (Å²) in [6.45, 7) is 4.72. The quantitative estimate of drug-likeness (QED) is 0.803. The molecular weight excluding hydrogens is 266 g/mol. The van der Waals surface area contributed by atoms with Crippen LogP contribution >= 0.6 is 0 Å². The molecule has 21 heavy (non-hydrogen) atoms. The van der Waals surface area contributed by atoms with E-state index in [1.807, 2.05) is 19.1 Å². The number of aliphatic hydroxyl groups is 2. The number of amides is 1. The van der Waals surface area contributed by atoms with Crippen molar-refractivity contribution in [2.45, 2.75) is 26.4 Å². The summed E-state index contributed by atoms with van der Waals surface area (Å²) < 4.78 is 0. The summed E-state index contributed by atoms with van der Waals surface area (Å²) in [5.41, 5.74) is 2.24. The van der Waals surface area contributed by atoms with E-state index < -0.39 is 6.10 Å². The Morgan fingerprint density at radius 3 is 2.90 bits per heavy atom. The number of aliphatic hydroxyl groups excluding tert-OH is 2. The van der Waals surface area contributed by atoms with E-state index in [0.29, 0.717) is 24.2 Å². The first-order valence-corrected chi connectivity index (χ1v) is 7.20. The number of benzene rings is 1. The van der Waals surface area contributed by atoms with Crippen LogP contribution in [0.1, 0.15) is 34.8 Å². The fraction of sp³-hybridized carbons (Fsp3) is 0.471. The molecule has 1 saturated heterocycles. The first kappa shape index (κ1) is 15.6. The van der Waals surface area contributed by atoms with Crippen molar-refractivity contribution in [2.75, 3.05) is 19.7 Å². The maximum atomic E-state index is 12.6. The largest absolute Gasteiger partial charge is 0.393 e. The first-order valence-electron chi connectivity index (χ1n) is 7.20. The van der Waals surface area contributed by atoms with Gasteiger partial charge in [0.15, 0.2) is 0 Å². The number of aryl methyl sites for hydroxylation is 1. The zero-order valence-electron chi connectivity index (χ0n) is 12.5. The lowest BCUT2D eigenvalue weighted by Gasteiger charge is -2.18. The molecule has 0 spiro atoms. The van der Waals surface area contributed by atoms with E-state index in [1.165, 1.54) is 0 Å². The highest BCUT2D eigenvalue weighted by atomic mass is 16.3. The average molecular weight is 287 g/mol. The minimum atomic E-state index is -0.394. The minimum absolute atomic E-state index is 0.0552. The summed E-state index contributed by atoms with van der Waals surface area (Å²) in [4.78, 5) is 14.4. The predicted octanol–water partition coefficient (Wildman–Crippen LogP) is 1.18. The molecule has 1 amide bonds. The molecule has 4 nitrogen and oxygen atoms in total. The molecule has 2 unspecified atom stereocenters. The zero-order chi connectivity index (χ0) is 15.4. The van der Waals surface area contributed by atoms with Crippen LogP contribution in [0.25, 0.3) is 0 Å². The van der Waals surface area contributed by atoms with Crippen LogP contribution in [-0.4, -0.2) is 46.8 Å². The summed E-state index contributed by atoms with van der Waals surface area (Å²) >= 11 is 0. The molecule has 0 aromatic heterocycles. The summed E-state index contributed by atoms with van der Waals surface area (Å²) in [6.07, 6.45) is 0.432. The van der Waals surface area contributed by atoms with Gasteiger partial charge in [0.1, 0.15) is 6.61 Å². The molecular formula is C17H21NO3. The Morgan fingerprint density at radius 1 is 1.52 bits per heavy atom. The van der Waals surface area contributed by atoms with E-state index >= 15 is 0 Å². The Balaban J connectivity index is 2.23. The van der Waals surface area contributed by atoms with Gasteiger partial charge in [0.25, 0.3) is 5.91 Å². The smallest absolute Gasteiger partial charge is 0.255 e. The number of carbonyl (C=O) groups excluding carboxylic acids is 1. The van der Waals surface area contributed by atoms with E-state index in [1.54, 1.807) is 17.9 Å². The second kappa shape index (κ2) is 6.75. The Bertz CT molecular complexity index is 583. The molecule has 112 valence electrons. The normalized spacial score (nSPS) is 19.0. The maximum Gasteiger partial charge on any atom is 0.255 e. The lowest BCUT2D eigenvalue weighted by Crippen LogP contribution is -2.31. The molecule has 1 aliphatic rings. The third-order valence-corrected chi connectivity index (χ3v) is 3.90. The average Bonchev–Trinajstić information content (AvgIpc) is 2.94. The van der Waals surface area contributed by atoms with Gasteiger partial charge in [-0.15, -0.1) is 0 Å². The Kier molecular flexibility index (Phi) is 5.00. The van der Waals surface area contributed by atoms with Gasteiger partial charge in [-0.25, -0.2) is 0 Å². The van der Waals surface area contributed by atoms with Gasteiger partial charge in [-0.2, -0.15) is 0 Å². The van der Waals surface area contributed by atoms with Gasteiger partial charge in [-0.05, 0) is 38.0 Å². The zero-order valence-corrected chi connectivity index (χ0v) is 12.5. The van der Waals surface area contributed by atoms with Crippen molar-refractivity contribution < 1.29 is 15.0 Å². The van der Waals surface area contributed by atoms with Crippen LogP contribution in [0.2, 0.25) is 0 Å². The van der Waals surface area contributed by atoms with E-state index in [0.717, 1.165) is 12.0 Å². The third-order valence-electron chi connectivity index (χ3n) is 3.90. The lowest BCUT2D eigenvalue weighted by molar-refractivity contribution is 0.0762. The molecule has 4 heteroatoms. The molecule has 1 aliphatic heterocycles. The van der Waals surface area contributed by atoms with Crippen molar-refractivity contribution in [3.05, 3.63) is 34.9 Å². The number of hydrogen-bond donors (Lipinski definition) is 2. The fourth-order valence-electron chi connectivity index (χ4n) is 2.62. The minimum Gasteiger partial charge on any atom is -0.393 e. The summed E-state index contributed by atoms with van der Waals surface area (Å²) in [7, 11) is 0. The van der Waals surface area contributed by atoms with Crippen LogP contribution in [-0.2, 0) is 0 Å². The molecule has 0 bridgehead atoms. The van der Waals surface area contributed by atoms with Gasteiger partial charge in [0.2, 0.25) is 0 Å². The SMILES string of the molecule is Cc1ccc(C(=O)N2CCC(C(C)O)C2)c(C#CCO)c1. The molecule has 1 aromatic rings. The molecule has 0 radical (unpaired) electrons. The van der Waals surface area contributed by atoms with Gasteiger partial charge < -0.3 is 15.1 Å². The van der Waals surface area contributed by atoms with Crippen LogP contribution in [0.5, 0.6) is 0 Å². The molecule has 1 aromatic carbocycles. The van der Waals surface area contributed by atoms with Crippen LogP contribution in [0, 0.1) is 24.7 Å². The van der Waals surface area contributed by atoms with E-state index in [-0.39, 0.29) is 18.4 Å². The molecule has 2 atom stereocenters. The van der Waals surface area contributed by atoms with Crippen molar-refractivity contribution >= 4 is 5.91 Å². The highest BCUT2D eigenvalue weighted by Gasteiger charge is 2.30. The van der Waals surface area contributed by atoms with E-state index in [9.17, 15) is 9.90 Å². The highest BCUT2D eigenvalue weighted by molar-refractivity contribution is 5.97. The Hall–Kier alpha value is -1.83. The van der Waals surface area contributed by atoms with Crippen molar-refractivity contribution in [1.82, 2.24) is 4.90 Å². The molecule has 1 fully saturated rings. The Labute approximate surface area is 125 Å². The summed E-state index contributed by atoms with van der Waals surface area (Å²) in [6, 6.07) is 5.53. The second-order valence-corrected chi connectivity index (χ2v) is 5.55. The van der Waals surface area contributed by atoms with Crippen molar-refractivity contribution in [3.63, 3.8) is 0 Å². The molecule has 1 heterocycles. The predicted molar refractivity (Wildman–Crippen MR) is 80.8 cm³/mol. The molecule has 0 aliphatic carbocycles. The standard InChI is InChI=1S/C17H21NO3/c1-12-5-6-16(14(10-12)4-3-9-19)17(21)18-8-7-15(11-18)13(2)20/h5-6,10,13,15,19-20H,7-9,11H2,1-2H3. The van der Waals surface area contributed by atoms with Gasteiger partial charge in [0, 0.05) is 24.6 Å². The Morgan fingerprint density at radius 2 is 2.29 bits per heavy atom. The monoisotopic (exact) mass is 287 g/mol. The number of hydrogen-bond acceptors (Lipinski definition) is 3. The van der Waals surface area contributed by atoms with E-state index in [2.05, 4.69) is 11.8 Å². The second-order valence-electron chi connectivity index (χ2n) is 5.55. The first-order chi connectivity index (χ1) is 10.0. The molecule has 0 saturated carbocycles. The van der Waals surface area contributed by atoms with Gasteiger partial charge >= 0.3 is 0 Å². The van der Waals surface area contributed by atoms with Crippen LogP contribution in [0.3, 0.4) is 0 Å². The van der Waals surface area contributed by atoms with E-state index in [4.69, 9.17) is 5.11 Å². The molecule has 2 N–H and O–H groups in total. The van der Waals surface area contributed by atoms with Crippen LogP contribution in [0.15, 0.2) is 18.2 Å². The van der Waals surface area contributed by atoms with Crippen molar-refractivity contribution in [3.8, 4) is 11.8 Å². The summed E-state index contributed by atoms with van der Waals surface area (Å²) in [5.74, 6) is 5.53. The lowest BCUT2D eigenvalue weighted by atomic mass is 10.0. The van der Waals surface area contributed by atoms with Crippen LogP contribution < -0.4 is 0 Å². The molecule has 2 rings (SSSR count). The topological polar surface area (TPSA) is 60.8 Å². The number of rotatable bonds is 2. The third kappa shape index (κ3) is 3.63. The number of likely N-dealkylation sites (tertiary alicyclic amines) is 1. The van der Waals surface area contributed by atoms with Crippen molar-refractivity contribution in [2.24, 2.45) is 5.92 Å². The number of carbonyl (C=O) groups is 1. The van der Waals surface area contributed by atoms with Crippen molar-refractivity contribution in [1.29, 1.82) is 0 Å².